The zero-order valence-electron chi connectivity index (χ0n) is 16.9. The third kappa shape index (κ3) is 9.75. The Labute approximate surface area is 171 Å². The van der Waals surface area contributed by atoms with E-state index in [4.69, 9.17) is 14.2 Å². The number of thioether (sulfide) groups is 1. The summed E-state index contributed by atoms with van der Waals surface area (Å²) in [7, 11) is 1.45. The van der Waals surface area contributed by atoms with Crippen molar-refractivity contribution in [3.8, 4) is 0 Å². The first-order valence-corrected chi connectivity index (χ1v) is 10.3. The van der Waals surface area contributed by atoms with Gasteiger partial charge in [0.15, 0.2) is 0 Å². The lowest BCUT2D eigenvalue weighted by atomic mass is 9.93. The molecule has 1 aliphatic rings. The Morgan fingerprint density at radius 1 is 1.39 bits per heavy atom. The van der Waals surface area contributed by atoms with Crippen LogP contribution in [0.5, 0.6) is 0 Å². The topological polar surface area (TPSA) is 141 Å². The number of methoxy groups -OCH3 is 1. The van der Waals surface area contributed by atoms with Gasteiger partial charge in [0.1, 0.15) is 18.3 Å². The first-order valence-electron chi connectivity index (χ1n) is 9.14. The number of hydrogen-bond donors (Lipinski definition) is 4. The van der Waals surface area contributed by atoms with Crippen LogP contribution in [0, 0.1) is 7.43 Å². The number of aliphatic carboxylic acids is 1. The largest absolute Gasteiger partial charge is 0.550 e. The van der Waals surface area contributed by atoms with Crippen LogP contribution in [0.3, 0.4) is 0 Å². The molecule has 6 atom stereocenters. The van der Waals surface area contributed by atoms with Crippen molar-refractivity contribution in [1.29, 1.82) is 0 Å². The maximum Gasteiger partial charge on any atom is 0.113 e. The summed E-state index contributed by atoms with van der Waals surface area (Å²) in [6.45, 7) is 2.40. The number of carboxylic acid groups (broad SMARTS) is 1. The molecule has 1 aliphatic heterocycles. The van der Waals surface area contributed by atoms with E-state index in [9.17, 15) is 25.2 Å². The molecule has 0 amide bonds. The SMILES string of the molecule is COC1C(CO)OC(C)C(NCC(O)COCCCSCCC(=O)[O-])C1O.[CH3+]. The number of carboxylic acids is 1. The lowest BCUT2D eigenvalue weighted by Crippen LogP contribution is -2.63. The number of carbonyl (C=O) groups is 1. The lowest BCUT2D eigenvalue weighted by Gasteiger charge is -2.43. The highest BCUT2D eigenvalue weighted by atomic mass is 32.2. The van der Waals surface area contributed by atoms with Gasteiger partial charge in [-0.15, -0.1) is 0 Å². The fourth-order valence-corrected chi connectivity index (χ4v) is 3.77. The predicted octanol–water partition coefficient (Wildman–Crippen LogP) is -1.81. The van der Waals surface area contributed by atoms with Gasteiger partial charge < -0.3 is 44.7 Å². The second kappa shape index (κ2) is 15.3. The average molecular weight is 426 g/mol. The molecule has 4 N–H and O–H groups in total. The molecule has 28 heavy (non-hydrogen) atoms. The third-order valence-electron chi connectivity index (χ3n) is 4.35. The van der Waals surface area contributed by atoms with Gasteiger partial charge in [0.05, 0.1) is 31.5 Å². The lowest BCUT2D eigenvalue weighted by molar-refractivity contribution is -0.305. The molecule has 1 heterocycles. The summed E-state index contributed by atoms with van der Waals surface area (Å²) in [5.41, 5.74) is 0. The highest BCUT2D eigenvalue weighted by Crippen LogP contribution is 2.22. The zero-order chi connectivity index (χ0) is 20.2. The van der Waals surface area contributed by atoms with Crippen molar-refractivity contribution in [3.05, 3.63) is 7.43 Å². The van der Waals surface area contributed by atoms with Gasteiger partial charge in [-0.1, -0.05) is 0 Å². The summed E-state index contributed by atoms with van der Waals surface area (Å²) in [5.74, 6) is 0.272. The van der Waals surface area contributed by atoms with Crippen molar-refractivity contribution in [2.24, 2.45) is 0 Å². The maximum atomic E-state index is 10.4. The molecule has 1 rings (SSSR count). The molecule has 0 radical (unpaired) electrons. The van der Waals surface area contributed by atoms with Crippen LogP contribution in [0.4, 0.5) is 0 Å². The van der Waals surface area contributed by atoms with E-state index < -0.39 is 36.4 Å². The van der Waals surface area contributed by atoms with Gasteiger partial charge in [-0.2, -0.15) is 11.8 Å². The van der Waals surface area contributed by atoms with E-state index in [0.29, 0.717) is 12.4 Å². The van der Waals surface area contributed by atoms with Crippen LogP contribution in [-0.4, -0.2) is 103 Å². The number of ether oxygens (including phenoxy) is 3. The van der Waals surface area contributed by atoms with E-state index in [1.54, 1.807) is 6.92 Å². The molecule has 0 aromatic rings. The Morgan fingerprint density at radius 2 is 2.11 bits per heavy atom. The Bertz CT molecular complexity index is 417. The van der Waals surface area contributed by atoms with Crippen molar-refractivity contribution in [3.63, 3.8) is 0 Å². The Kier molecular flexibility index (Phi) is 15.0. The van der Waals surface area contributed by atoms with Gasteiger partial charge in [0, 0.05) is 33.7 Å². The molecule has 0 aliphatic carbocycles. The van der Waals surface area contributed by atoms with Crippen molar-refractivity contribution >= 4 is 17.7 Å². The molecule has 6 unspecified atom stereocenters. The molecule has 166 valence electrons. The van der Waals surface area contributed by atoms with Gasteiger partial charge in [-0.3, -0.25) is 0 Å². The van der Waals surface area contributed by atoms with E-state index in [0.717, 1.165) is 12.2 Å². The average Bonchev–Trinajstić information content (AvgIpc) is 2.62. The molecule has 1 saturated heterocycles. The van der Waals surface area contributed by atoms with Crippen LogP contribution in [0.2, 0.25) is 0 Å². The highest BCUT2D eigenvalue weighted by molar-refractivity contribution is 7.99. The number of aliphatic hydroxyl groups excluding tert-OH is 3. The van der Waals surface area contributed by atoms with Crippen molar-refractivity contribution < 1.29 is 39.4 Å². The Hall–Kier alpha value is -0.590. The minimum Gasteiger partial charge on any atom is -0.550 e. The first kappa shape index (κ1) is 27.4. The first-order chi connectivity index (χ1) is 12.9. The third-order valence-corrected chi connectivity index (χ3v) is 5.42. The maximum absolute atomic E-state index is 10.4. The summed E-state index contributed by atoms with van der Waals surface area (Å²) in [5, 5.41) is 43.1. The number of carbonyl (C=O) groups excluding carboxylic acids is 1. The summed E-state index contributed by atoms with van der Waals surface area (Å²) < 4.78 is 16.3. The molecule has 1 fully saturated rings. The monoisotopic (exact) mass is 425 g/mol. The number of nitrogens with one attached hydrogen (secondary N) is 1. The van der Waals surface area contributed by atoms with Gasteiger partial charge >= 0.3 is 0 Å². The van der Waals surface area contributed by atoms with E-state index in [-0.39, 0.29) is 39.7 Å². The summed E-state index contributed by atoms with van der Waals surface area (Å²) >= 11 is 1.53. The van der Waals surface area contributed by atoms with Crippen LogP contribution in [0.1, 0.15) is 19.8 Å². The normalized spacial score (nSPS) is 28.5. The van der Waals surface area contributed by atoms with Gasteiger partial charge in [0.2, 0.25) is 0 Å². The molecular weight excluding hydrogens is 390 g/mol. The van der Waals surface area contributed by atoms with Crippen molar-refractivity contribution in [2.75, 3.05) is 45.0 Å². The minimum absolute atomic E-state index is 0. The van der Waals surface area contributed by atoms with E-state index in [2.05, 4.69) is 5.32 Å². The predicted molar refractivity (Wildman–Crippen MR) is 105 cm³/mol. The molecule has 9 nitrogen and oxygen atoms in total. The van der Waals surface area contributed by atoms with Crippen LogP contribution in [-0.2, 0) is 19.0 Å². The molecule has 0 saturated carbocycles. The van der Waals surface area contributed by atoms with Crippen LogP contribution < -0.4 is 10.4 Å². The standard InChI is InChI=1S/C17H33NO8S.CH3/c1-11-15(16(23)17(24-2)13(9-19)26-11)18-8-12(20)10-25-5-3-6-27-7-4-14(21)22;/h11-13,15-20,23H,3-10H2,1-2H3,(H,21,22);1H3/q;+1/p-1. The number of hydrogen-bond acceptors (Lipinski definition) is 10. The van der Waals surface area contributed by atoms with E-state index in [1.165, 1.54) is 18.9 Å². The fraction of sp³-hybridized carbons (Fsp3) is 0.889. The molecule has 10 heteroatoms. The van der Waals surface area contributed by atoms with Gasteiger partial charge in [0.25, 0.3) is 0 Å². The smallest absolute Gasteiger partial charge is 0.113 e. The second-order valence-electron chi connectivity index (χ2n) is 6.50. The summed E-state index contributed by atoms with van der Waals surface area (Å²) in [6.07, 6.45) is -2.39. The fourth-order valence-electron chi connectivity index (χ4n) is 2.94. The number of rotatable bonds is 14. The van der Waals surface area contributed by atoms with Crippen molar-refractivity contribution in [2.45, 2.75) is 56.3 Å². The molecular formula is C18H35NO8S. The zero-order valence-corrected chi connectivity index (χ0v) is 17.7. The van der Waals surface area contributed by atoms with E-state index >= 15 is 0 Å². The second-order valence-corrected chi connectivity index (χ2v) is 7.73. The van der Waals surface area contributed by atoms with Gasteiger partial charge in [-0.05, 0) is 31.3 Å². The quantitative estimate of drug-likeness (QED) is 0.186. The molecule has 0 aromatic heterocycles. The molecule has 0 spiro atoms. The summed E-state index contributed by atoms with van der Waals surface area (Å²) in [4.78, 5) is 10.3. The highest BCUT2D eigenvalue weighted by Gasteiger charge is 2.43. The van der Waals surface area contributed by atoms with Crippen LogP contribution >= 0.6 is 11.8 Å². The van der Waals surface area contributed by atoms with Gasteiger partial charge in [-0.25, -0.2) is 0 Å². The molecule has 0 aromatic carbocycles. The number of aliphatic hydroxyl groups is 3. The van der Waals surface area contributed by atoms with Crippen LogP contribution in [0.15, 0.2) is 0 Å². The Morgan fingerprint density at radius 3 is 2.71 bits per heavy atom. The Balaban J connectivity index is 0.00000729. The van der Waals surface area contributed by atoms with Crippen molar-refractivity contribution in [1.82, 2.24) is 5.32 Å². The summed E-state index contributed by atoms with van der Waals surface area (Å²) in [6, 6.07) is -0.437. The molecule has 0 bridgehead atoms. The van der Waals surface area contributed by atoms with E-state index in [1.807, 2.05) is 0 Å². The van der Waals surface area contributed by atoms with Crippen LogP contribution in [0.25, 0.3) is 0 Å². The minimum atomic E-state index is -1.04.